The Hall–Kier alpha value is -8.69. The third kappa shape index (κ3) is 9.80. The molecular weight excluding hydrogens is 913 g/mol. The van der Waals surface area contributed by atoms with E-state index in [1.165, 1.54) is 31.2 Å². The standard InChI is InChI=1S/C49H54N14O8/c1-8-62-35(21-28(3)56-62)45-52-27-33-32-23-30(44(50)67)25-37(70-7)42(32)60(46(33)54-45)17-10-11-18-61-43-34(53-49(61)55-48(69)36-22-29(4)57-63(36)9-2)24-31(47(68)51-5)26-38(43)71-20-12-16-58(6)39(64)15-19-59-40(65)13-14-41(59)66/h10-11,13-14,21-27H,8-9,12,15-20H2,1-7H3,(H2,50,67)(H,51,68)(H,53,55,69)/b11-10+. The largest absolute Gasteiger partial charge is 0.495 e. The van der Waals surface area contributed by atoms with Crippen molar-refractivity contribution >= 4 is 74.4 Å². The van der Waals surface area contributed by atoms with Crippen LogP contribution in [0.25, 0.3) is 44.5 Å². The molecule has 0 saturated heterocycles. The Morgan fingerprint density at radius 2 is 1.51 bits per heavy atom. The lowest BCUT2D eigenvalue weighted by Gasteiger charge is -2.19. The van der Waals surface area contributed by atoms with Crippen LogP contribution in [-0.2, 0) is 40.6 Å². The smallest absolute Gasteiger partial charge is 0.276 e. The number of amides is 6. The van der Waals surface area contributed by atoms with Crippen molar-refractivity contribution in [2.24, 2.45) is 5.73 Å². The number of rotatable bonds is 20. The molecule has 0 spiro atoms. The Morgan fingerprint density at radius 1 is 0.817 bits per heavy atom. The summed E-state index contributed by atoms with van der Waals surface area (Å²) in [6.45, 7) is 9.41. The molecule has 0 unspecified atom stereocenters. The van der Waals surface area contributed by atoms with Gasteiger partial charge in [0.2, 0.25) is 17.8 Å². The molecule has 4 N–H and O–H groups in total. The zero-order valence-electron chi connectivity index (χ0n) is 40.5. The number of nitrogens with zero attached hydrogens (tertiary/aromatic N) is 11. The van der Waals surface area contributed by atoms with Crippen molar-refractivity contribution in [2.45, 2.75) is 66.7 Å². The van der Waals surface area contributed by atoms with E-state index in [1.807, 2.05) is 48.2 Å². The number of primary amides is 1. The quantitative estimate of drug-likeness (QED) is 0.0551. The molecule has 0 saturated carbocycles. The van der Waals surface area contributed by atoms with E-state index >= 15 is 0 Å². The zero-order chi connectivity index (χ0) is 50.7. The molecule has 22 heteroatoms. The van der Waals surface area contributed by atoms with Gasteiger partial charge in [-0.15, -0.1) is 0 Å². The van der Waals surface area contributed by atoms with Crippen molar-refractivity contribution < 1.29 is 38.2 Å². The average molecular weight is 967 g/mol. The van der Waals surface area contributed by atoms with Gasteiger partial charge in [-0.05, 0) is 70.5 Å². The molecular formula is C49H54N14O8. The van der Waals surface area contributed by atoms with E-state index in [1.54, 1.807) is 59.7 Å². The fourth-order valence-electron chi connectivity index (χ4n) is 8.57. The maximum absolute atomic E-state index is 14.0. The molecule has 0 radical (unpaired) electrons. The summed E-state index contributed by atoms with van der Waals surface area (Å²) in [4.78, 5) is 93.7. The first-order valence-corrected chi connectivity index (χ1v) is 23.0. The first-order valence-electron chi connectivity index (χ1n) is 23.0. The fourth-order valence-corrected chi connectivity index (χ4v) is 8.57. The van der Waals surface area contributed by atoms with Gasteiger partial charge in [-0.25, -0.2) is 15.0 Å². The monoisotopic (exact) mass is 966 g/mol. The fraction of sp³-hybridized carbons (Fsp3) is 0.327. The highest BCUT2D eigenvalue weighted by Gasteiger charge is 2.26. The Bertz CT molecular complexity index is 3320. The number of benzene rings is 2. The zero-order valence-corrected chi connectivity index (χ0v) is 40.5. The molecule has 6 heterocycles. The molecule has 5 aromatic heterocycles. The highest BCUT2D eigenvalue weighted by Crippen LogP contribution is 2.37. The summed E-state index contributed by atoms with van der Waals surface area (Å²) < 4.78 is 19.4. The first kappa shape index (κ1) is 48.8. The van der Waals surface area contributed by atoms with Crippen molar-refractivity contribution in [3.63, 3.8) is 0 Å². The van der Waals surface area contributed by atoms with Crippen LogP contribution in [0.3, 0.4) is 0 Å². The van der Waals surface area contributed by atoms with E-state index in [2.05, 4.69) is 20.8 Å². The number of imide groups is 1. The number of carbonyl (C=O) groups excluding carboxylic acids is 6. The highest BCUT2D eigenvalue weighted by molar-refractivity contribution is 6.13. The van der Waals surface area contributed by atoms with Crippen LogP contribution in [0.2, 0.25) is 0 Å². The van der Waals surface area contributed by atoms with Crippen LogP contribution in [0.5, 0.6) is 11.5 Å². The molecule has 0 atom stereocenters. The minimum atomic E-state index is -0.621. The van der Waals surface area contributed by atoms with Crippen LogP contribution in [0.15, 0.2) is 66.9 Å². The predicted molar refractivity (Wildman–Crippen MR) is 263 cm³/mol. The van der Waals surface area contributed by atoms with E-state index in [9.17, 15) is 28.8 Å². The van der Waals surface area contributed by atoms with E-state index in [0.29, 0.717) is 81.2 Å². The Labute approximate surface area is 407 Å². The van der Waals surface area contributed by atoms with Crippen LogP contribution < -0.4 is 25.8 Å². The first-order chi connectivity index (χ1) is 34.1. The van der Waals surface area contributed by atoms with Crippen molar-refractivity contribution in [3.8, 4) is 23.0 Å². The summed E-state index contributed by atoms with van der Waals surface area (Å²) in [6.07, 6.45) is 8.24. The van der Waals surface area contributed by atoms with Gasteiger partial charge in [-0.2, -0.15) is 10.2 Å². The second kappa shape index (κ2) is 20.5. The second-order valence-electron chi connectivity index (χ2n) is 16.8. The van der Waals surface area contributed by atoms with Crippen molar-refractivity contribution in [3.05, 3.63) is 95.1 Å². The summed E-state index contributed by atoms with van der Waals surface area (Å²) in [6, 6.07) is 10.1. The number of imidazole rings is 1. The van der Waals surface area contributed by atoms with Gasteiger partial charge < -0.3 is 34.6 Å². The number of methoxy groups -OCH3 is 1. The van der Waals surface area contributed by atoms with Crippen molar-refractivity contribution in [1.82, 2.24) is 58.8 Å². The highest BCUT2D eigenvalue weighted by atomic mass is 16.5. The number of hydrogen-bond donors (Lipinski definition) is 3. The Morgan fingerprint density at radius 3 is 2.20 bits per heavy atom. The third-order valence-corrected chi connectivity index (χ3v) is 12.1. The van der Waals surface area contributed by atoms with Gasteiger partial charge in [0.25, 0.3) is 23.6 Å². The lowest BCUT2D eigenvalue weighted by Crippen LogP contribution is -2.36. The normalized spacial score (nSPS) is 12.6. The maximum atomic E-state index is 14.0. The Kier molecular flexibility index (Phi) is 14.1. The second-order valence-corrected chi connectivity index (χ2v) is 16.8. The van der Waals surface area contributed by atoms with Crippen LogP contribution in [0.1, 0.15) is 69.3 Å². The number of fused-ring (bicyclic) bond motifs is 4. The van der Waals surface area contributed by atoms with Gasteiger partial charge in [-0.3, -0.25) is 48.3 Å². The van der Waals surface area contributed by atoms with E-state index in [4.69, 9.17) is 30.2 Å². The van der Waals surface area contributed by atoms with Crippen LogP contribution in [0, 0.1) is 13.8 Å². The third-order valence-electron chi connectivity index (χ3n) is 12.1. The Balaban J connectivity index is 1.14. The summed E-state index contributed by atoms with van der Waals surface area (Å²) in [5, 5.41) is 16.0. The molecule has 2 aromatic carbocycles. The number of carbonyl (C=O) groups is 6. The topological polar surface area (TPSA) is 262 Å². The van der Waals surface area contributed by atoms with E-state index < -0.39 is 23.6 Å². The number of anilines is 1. The van der Waals surface area contributed by atoms with Crippen LogP contribution in [-0.4, -0.2) is 130 Å². The minimum absolute atomic E-state index is 0.0296. The number of ether oxygens (including phenoxy) is 2. The molecule has 71 heavy (non-hydrogen) atoms. The molecule has 22 nitrogen and oxygen atoms in total. The van der Waals surface area contributed by atoms with Gasteiger partial charge in [-0.1, -0.05) is 12.2 Å². The molecule has 1 aliphatic rings. The van der Waals surface area contributed by atoms with E-state index in [-0.39, 0.29) is 68.1 Å². The molecule has 0 fully saturated rings. The number of allylic oxidation sites excluding steroid dienone is 2. The number of aromatic nitrogens is 9. The molecule has 0 bridgehead atoms. The van der Waals surface area contributed by atoms with E-state index in [0.717, 1.165) is 16.3 Å². The lowest BCUT2D eigenvalue weighted by atomic mass is 10.1. The molecule has 6 amide bonds. The lowest BCUT2D eigenvalue weighted by molar-refractivity contribution is -0.138. The summed E-state index contributed by atoms with van der Waals surface area (Å²) >= 11 is 0. The summed E-state index contributed by atoms with van der Waals surface area (Å²) in [7, 11) is 4.66. The van der Waals surface area contributed by atoms with Gasteiger partial charge in [0.05, 0.1) is 36.1 Å². The van der Waals surface area contributed by atoms with Crippen molar-refractivity contribution in [1.29, 1.82) is 0 Å². The van der Waals surface area contributed by atoms with Crippen molar-refractivity contribution in [2.75, 3.05) is 46.2 Å². The molecule has 0 aliphatic carbocycles. The van der Waals surface area contributed by atoms with Gasteiger partial charge >= 0.3 is 0 Å². The predicted octanol–water partition coefficient (Wildman–Crippen LogP) is 4.17. The molecule has 368 valence electrons. The SMILES string of the molecule is CCn1nc(C)cc1C(=O)Nc1nc2cc(C(=O)NC)cc(OCCCN(C)C(=O)CCN3C(=O)C=CC3=O)c2n1C/C=C/Cn1c2nc(-c3cc(C)nn3CC)ncc2c2cc(C(N)=O)cc(OC)c21. The maximum Gasteiger partial charge on any atom is 0.276 e. The molecule has 7 aromatic rings. The summed E-state index contributed by atoms with van der Waals surface area (Å²) in [5.74, 6) is -1.29. The van der Waals surface area contributed by atoms with Crippen LogP contribution >= 0.6 is 0 Å². The number of nitrogens with one attached hydrogen (secondary N) is 2. The van der Waals surface area contributed by atoms with Gasteiger partial charge in [0, 0.05) is 100 Å². The molecule has 8 rings (SSSR count). The number of nitrogens with two attached hydrogens (primary N) is 1. The van der Waals surface area contributed by atoms with Gasteiger partial charge in [0.1, 0.15) is 34.1 Å². The van der Waals surface area contributed by atoms with Gasteiger partial charge in [0.15, 0.2) is 5.82 Å². The summed E-state index contributed by atoms with van der Waals surface area (Å²) in [5.41, 5.74) is 10.9. The number of aryl methyl sites for hydroxylation is 4. The number of hydrogen-bond acceptors (Lipinski definition) is 13. The minimum Gasteiger partial charge on any atom is -0.495 e. The molecule has 1 aliphatic heterocycles. The van der Waals surface area contributed by atoms with Crippen LogP contribution in [0.4, 0.5) is 5.95 Å². The average Bonchev–Trinajstić information content (AvgIpc) is 4.18.